The van der Waals surface area contributed by atoms with Gasteiger partial charge in [0.15, 0.2) is 9.84 Å². The van der Waals surface area contributed by atoms with Crippen LogP contribution in [0.5, 0.6) is 0 Å². The van der Waals surface area contributed by atoms with Crippen LogP contribution < -0.4 is 16.1 Å². The van der Waals surface area contributed by atoms with Crippen LogP contribution in [0.2, 0.25) is 0 Å². The van der Waals surface area contributed by atoms with Gasteiger partial charge in [-0.15, -0.1) is 11.3 Å². The van der Waals surface area contributed by atoms with E-state index in [0.29, 0.717) is 43.0 Å². The molecule has 2 heterocycles. The SMILES string of the molecule is COCCN(C(N)=O)c1cccc(-c2ccc([C@@]3(CC(=O)NO)CCCCS3(=O)=O)s2)c1. The first-order valence-electron chi connectivity index (χ1n) is 10.2. The standard InChI is InChI=1S/C21H27N3O6S2/c1-30-11-10-24(20(22)26)16-6-4-5-15(13-16)17-7-8-18(31-17)21(14-19(25)23-27)9-2-3-12-32(21,28)29/h4-8,13,27H,2-3,9-12,14H2,1H3,(H2,22,26)(H,23,25)/t21-/m0/s1. The summed E-state index contributed by atoms with van der Waals surface area (Å²) in [6.45, 7) is 0.617. The second-order valence-corrected chi connectivity index (χ2v) is 11.2. The molecule has 0 spiro atoms. The van der Waals surface area contributed by atoms with Gasteiger partial charge < -0.3 is 10.5 Å². The number of nitrogens with zero attached hydrogens (tertiary/aromatic N) is 1. The molecule has 0 radical (unpaired) electrons. The molecule has 1 saturated heterocycles. The number of primary amides is 1. The quantitative estimate of drug-likeness (QED) is 0.391. The number of carbonyl (C=O) groups is 2. The molecule has 1 aliphatic rings. The van der Waals surface area contributed by atoms with E-state index >= 15 is 0 Å². The van der Waals surface area contributed by atoms with Crippen LogP contribution in [0.4, 0.5) is 10.5 Å². The molecule has 1 aliphatic heterocycles. The summed E-state index contributed by atoms with van der Waals surface area (Å²) in [6.07, 6.45) is 1.21. The molecule has 32 heavy (non-hydrogen) atoms. The Labute approximate surface area is 191 Å². The lowest BCUT2D eigenvalue weighted by molar-refractivity contribution is -0.130. The van der Waals surface area contributed by atoms with Gasteiger partial charge in [-0.05, 0) is 42.7 Å². The molecule has 0 saturated carbocycles. The molecule has 2 aromatic rings. The number of benzene rings is 1. The number of ether oxygens (including phenoxy) is 1. The zero-order valence-corrected chi connectivity index (χ0v) is 19.4. The number of thiophene rings is 1. The number of sulfone groups is 1. The highest BCUT2D eigenvalue weighted by Gasteiger charge is 2.49. The van der Waals surface area contributed by atoms with E-state index in [9.17, 15) is 18.0 Å². The fourth-order valence-corrected chi connectivity index (χ4v) is 7.80. The molecule has 3 rings (SSSR count). The van der Waals surface area contributed by atoms with Crippen molar-refractivity contribution >= 4 is 38.8 Å². The average Bonchev–Trinajstić information content (AvgIpc) is 3.26. The Morgan fingerprint density at radius 2 is 2.06 bits per heavy atom. The summed E-state index contributed by atoms with van der Waals surface area (Å²) >= 11 is 1.29. The predicted octanol–water partition coefficient (Wildman–Crippen LogP) is 2.64. The molecule has 0 bridgehead atoms. The summed E-state index contributed by atoms with van der Waals surface area (Å²) in [7, 11) is -2.06. The number of nitrogens with two attached hydrogens (primary N) is 1. The lowest BCUT2D eigenvalue weighted by Crippen LogP contribution is -2.43. The van der Waals surface area contributed by atoms with Crippen molar-refractivity contribution in [1.29, 1.82) is 0 Å². The van der Waals surface area contributed by atoms with Crippen LogP contribution in [0, 0.1) is 0 Å². The third kappa shape index (κ3) is 4.80. The molecular weight excluding hydrogens is 454 g/mol. The average molecular weight is 482 g/mol. The smallest absolute Gasteiger partial charge is 0.319 e. The van der Waals surface area contributed by atoms with Crippen molar-refractivity contribution in [2.75, 3.05) is 30.9 Å². The van der Waals surface area contributed by atoms with Crippen molar-refractivity contribution < 1.29 is 28.0 Å². The largest absolute Gasteiger partial charge is 0.383 e. The van der Waals surface area contributed by atoms with E-state index in [1.54, 1.807) is 29.7 Å². The number of carbonyl (C=O) groups excluding carboxylic acids is 2. The van der Waals surface area contributed by atoms with Crippen LogP contribution >= 0.6 is 11.3 Å². The van der Waals surface area contributed by atoms with Crippen molar-refractivity contribution in [1.82, 2.24) is 5.48 Å². The first-order valence-corrected chi connectivity index (χ1v) is 12.6. The summed E-state index contributed by atoms with van der Waals surface area (Å²) in [5.74, 6) is -0.732. The molecule has 0 aliphatic carbocycles. The molecule has 174 valence electrons. The van der Waals surface area contributed by atoms with Gasteiger partial charge in [-0.1, -0.05) is 18.6 Å². The minimum Gasteiger partial charge on any atom is -0.383 e. The number of urea groups is 1. The summed E-state index contributed by atoms with van der Waals surface area (Å²) in [5.41, 5.74) is 8.48. The van der Waals surface area contributed by atoms with Gasteiger partial charge in [0.1, 0.15) is 4.75 Å². The van der Waals surface area contributed by atoms with Gasteiger partial charge in [0.05, 0.1) is 25.3 Å². The first-order chi connectivity index (χ1) is 15.2. The number of rotatable bonds is 8. The van der Waals surface area contributed by atoms with Gasteiger partial charge in [-0.25, -0.2) is 18.7 Å². The summed E-state index contributed by atoms with van der Waals surface area (Å²) in [5, 5.41) is 9.03. The van der Waals surface area contributed by atoms with E-state index in [1.165, 1.54) is 23.3 Å². The van der Waals surface area contributed by atoms with E-state index in [-0.39, 0.29) is 12.2 Å². The Balaban J connectivity index is 2.00. The third-order valence-corrected chi connectivity index (χ3v) is 9.75. The molecule has 0 unspecified atom stereocenters. The molecule has 1 fully saturated rings. The maximum Gasteiger partial charge on any atom is 0.319 e. The normalized spacial score (nSPS) is 19.9. The van der Waals surface area contributed by atoms with Crippen LogP contribution in [-0.4, -0.2) is 51.6 Å². The fourth-order valence-electron chi connectivity index (χ4n) is 4.03. The second kappa shape index (κ2) is 9.99. The van der Waals surface area contributed by atoms with Gasteiger partial charge >= 0.3 is 6.03 Å². The van der Waals surface area contributed by atoms with Gasteiger partial charge in [0.25, 0.3) is 0 Å². The highest BCUT2D eigenvalue weighted by atomic mass is 32.2. The highest BCUT2D eigenvalue weighted by molar-refractivity contribution is 7.92. The summed E-state index contributed by atoms with van der Waals surface area (Å²) in [6, 6.07) is 10.2. The molecule has 9 nitrogen and oxygen atoms in total. The molecule has 4 N–H and O–H groups in total. The minimum atomic E-state index is -3.60. The Kier molecular flexibility index (Phi) is 7.55. The monoisotopic (exact) mass is 481 g/mol. The Morgan fingerprint density at radius 1 is 1.28 bits per heavy atom. The number of hydrogen-bond acceptors (Lipinski definition) is 7. The fraction of sp³-hybridized carbons (Fsp3) is 0.429. The lowest BCUT2D eigenvalue weighted by atomic mass is 9.94. The number of amides is 3. The van der Waals surface area contributed by atoms with Gasteiger partial charge in [0, 0.05) is 22.6 Å². The van der Waals surface area contributed by atoms with E-state index < -0.39 is 26.5 Å². The summed E-state index contributed by atoms with van der Waals surface area (Å²) in [4.78, 5) is 26.7. The number of anilines is 1. The zero-order valence-electron chi connectivity index (χ0n) is 17.7. The minimum absolute atomic E-state index is 0.00149. The van der Waals surface area contributed by atoms with Crippen molar-refractivity contribution in [3.63, 3.8) is 0 Å². The van der Waals surface area contributed by atoms with Crippen LogP contribution in [-0.2, 0) is 24.1 Å². The van der Waals surface area contributed by atoms with E-state index in [1.807, 2.05) is 12.1 Å². The van der Waals surface area contributed by atoms with E-state index in [0.717, 1.165) is 10.4 Å². The van der Waals surface area contributed by atoms with Gasteiger partial charge in [0.2, 0.25) is 5.91 Å². The Morgan fingerprint density at radius 3 is 2.72 bits per heavy atom. The van der Waals surface area contributed by atoms with Crippen LogP contribution in [0.1, 0.15) is 30.6 Å². The molecule has 11 heteroatoms. The summed E-state index contributed by atoms with van der Waals surface area (Å²) < 4.78 is 29.9. The Hall–Kier alpha value is -2.47. The Bertz CT molecular complexity index is 1080. The number of methoxy groups -OCH3 is 1. The van der Waals surface area contributed by atoms with E-state index in [4.69, 9.17) is 15.7 Å². The van der Waals surface area contributed by atoms with Crippen LogP contribution in [0.3, 0.4) is 0 Å². The third-order valence-electron chi connectivity index (χ3n) is 5.69. The van der Waals surface area contributed by atoms with Crippen molar-refractivity contribution in [3.8, 4) is 10.4 Å². The van der Waals surface area contributed by atoms with Gasteiger partial charge in [-0.2, -0.15) is 0 Å². The highest BCUT2D eigenvalue weighted by Crippen LogP contribution is 2.47. The maximum atomic E-state index is 13.1. The van der Waals surface area contributed by atoms with Crippen molar-refractivity contribution in [3.05, 3.63) is 41.3 Å². The second-order valence-electron chi connectivity index (χ2n) is 7.68. The maximum absolute atomic E-state index is 13.1. The lowest BCUT2D eigenvalue weighted by Gasteiger charge is -2.35. The van der Waals surface area contributed by atoms with Gasteiger partial charge in [-0.3, -0.25) is 14.9 Å². The molecule has 1 atom stereocenters. The molecule has 1 aromatic carbocycles. The number of hydroxylamine groups is 1. The first kappa shape index (κ1) is 24.2. The molecular formula is C21H27N3O6S2. The molecule has 1 aromatic heterocycles. The van der Waals surface area contributed by atoms with E-state index in [2.05, 4.69) is 0 Å². The number of nitrogens with one attached hydrogen (secondary N) is 1. The van der Waals surface area contributed by atoms with Crippen LogP contribution in [0.25, 0.3) is 10.4 Å². The molecule has 3 amide bonds. The predicted molar refractivity (Wildman–Crippen MR) is 122 cm³/mol. The number of hydrogen-bond donors (Lipinski definition) is 3. The van der Waals surface area contributed by atoms with Crippen LogP contribution in [0.15, 0.2) is 36.4 Å². The van der Waals surface area contributed by atoms with Crippen molar-refractivity contribution in [2.45, 2.75) is 30.4 Å². The topological polar surface area (TPSA) is 139 Å². The zero-order chi connectivity index (χ0) is 23.4. The van der Waals surface area contributed by atoms with Crippen molar-refractivity contribution in [2.24, 2.45) is 5.73 Å².